The summed E-state index contributed by atoms with van der Waals surface area (Å²) in [4.78, 5) is 16.9. The highest BCUT2D eigenvalue weighted by Crippen LogP contribution is 2.30. The Kier molecular flexibility index (Phi) is 3.16. The predicted octanol–water partition coefficient (Wildman–Crippen LogP) is 2.30. The van der Waals surface area contributed by atoms with Crippen LogP contribution in [0.3, 0.4) is 0 Å². The van der Waals surface area contributed by atoms with Gasteiger partial charge in [0, 0.05) is 29.9 Å². The molecular formula is C13H10N4OS. The lowest BCUT2D eigenvalue weighted by atomic mass is 10.2. The van der Waals surface area contributed by atoms with Crippen molar-refractivity contribution in [1.29, 1.82) is 0 Å². The zero-order valence-corrected chi connectivity index (χ0v) is 10.6. The van der Waals surface area contributed by atoms with Crippen molar-refractivity contribution >= 4 is 29.5 Å². The number of amides is 1. The highest BCUT2D eigenvalue weighted by molar-refractivity contribution is 7.98. The summed E-state index contributed by atoms with van der Waals surface area (Å²) in [5, 5.41) is 5.79. The maximum absolute atomic E-state index is 12.0. The molecule has 2 aromatic rings. The van der Waals surface area contributed by atoms with Gasteiger partial charge in [-0.25, -0.2) is 0 Å². The molecule has 1 aromatic heterocycles. The van der Waals surface area contributed by atoms with Crippen LogP contribution in [0, 0.1) is 0 Å². The van der Waals surface area contributed by atoms with Crippen molar-refractivity contribution in [3.8, 4) is 0 Å². The van der Waals surface area contributed by atoms with Crippen LogP contribution >= 0.6 is 11.9 Å². The largest absolute Gasteiger partial charge is 0.324 e. The molecule has 19 heavy (non-hydrogen) atoms. The van der Waals surface area contributed by atoms with E-state index in [2.05, 4.69) is 20.0 Å². The molecule has 0 spiro atoms. The third-order valence-electron chi connectivity index (χ3n) is 2.54. The molecule has 0 saturated heterocycles. The van der Waals surface area contributed by atoms with E-state index in [0.717, 1.165) is 10.6 Å². The van der Waals surface area contributed by atoms with Crippen molar-refractivity contribution < 1.29 is 4.79 Å². The number of carbonyl (C=O) groups is 1. The summed E-state index contributed by atoms with van der Waals surface area (Å²) in [7, 11) is 0. The lowest BCUT2D eigenvalue weighted by molar-refractivity contribution is 0.0977. The maximum atomic E-state index is 12.0. The third kappa shape index (κ3) is 2.58. The molecule has 0 atom stereocenters. The molecule has 0 unspecified atom stereocenters. The van der Waals surface area contributed by atoms with E-state index in [1.54, 1.807) is 24.5 Å². The molecule has 94 valence electrons. The van der Waals surface area contributed by atoms with Crippen molar-refractivity contribution in [3.05, 3.63) is 54.4 Å². The summed E-state index contributed by atoms with van der Waals surface area (Å²) in [6.45, 7) is 0. The first kappa shape index (κ1) is 11.7. The maximum Gasteiger partial charge on any atom is 0.257 e. The zero-order valence-electron chi connectivity index (χ0n) is 9.83. The number of hydrogen-bond acceptors (Lipinski definition) is 5. The van der Waals surface area contributed by atoms with Gasteiger partial charge in [-0.15, -0.1) is 0 Å². The van der Waals surface area contributed by atoms with Crippen molar-refractivity contribution in [1.82, 2.24) is 10.3 Å². The monoisotopic (exact) mass is 270 g/mol. The van der Waals surface area contributed by atoms with Gasteiger partial charge in [0.15, 0.2) is 0 Å². The number of hydrogen-bond donors (Lipinski definition) is 2. The van der Waals surface area contributed by atoms with Crippen molar-refractivity contribution in [2.75, 3.05) is 5.32 Å². The van der Waals surface area contributed by atoms with Crippen LogP contribution in [0.5, 0.6) is 0 Å². The highest BCUT2D eigenvalue weighted by atomic mass is 32.2. The van der Waals surface area contributed by atoms with Crippen LogP contribution in [-0.2, 0) is 0 Å². The molecule has 0 aliphatic carbocycles. The van der Waals surface area contributed by atoms with Crippen molar-refractivity contribution in [2.45, 2.75) is 4.90 Å². The number of rotatable bonds is 1. The fourth-order valence-corrected chi connectivity index (χ4v) is 2.23. The van der Waals surface area contributed by atoms with E-state index < -0.39 is 0 Å². The van der Waals surface area contributed by atoms with Crippen LogP contribution in [0.25, 0.3) is 0 Å². The van der Waals surface area contributed by atoms with Gasteiger partial charge in [0.05, 0.1) is 10.6 Å². The molecule has 0 bridgehead atoms. The first-order valence-corrected chi connectivity index (χ1v) is 6.43. The van der Waals surface area contributed by atoms with Gasteiger partial charge in [0.25, 0.3) is 5.91 Å². The summed E-state index contributed by atoms with van der Waals surface area (Å²) in [5.74, 6) is 0.238. The second-order valence-electron chi connectivity index (χ2n) is 3.85. The van der Waals surface area contributed by atoms with E-state index in [1.165, 1.54) is 11.9 Å². The number of benzene rings is 1. The Balaban J connectivity index is 1.73. The molecule has 0 radical (unpaired) electrons. The summed E-state index contributed by atoms with van der Waals surface area (Å²) in [5.41, 5.74) is 1.48. The highest BCUT2D eigenvalue weighted by Gasteiger charge is 2.15. The summed E-state index contributed by atoms with van der Waals surface area (Å²) >= 11 is 1.28. The van der Waals surface area contributed by atoms with E-state index in [-0.39, 0.29) is 5.91 Å². The molecule has 1 aromatic carbocycles. The second-order valence-corrected chi connectivity index (χ2v) is 4.65. The Morgan fingerprint density at radius 1 is 1.21 bits per heavy atom. The molecule has 1 aliphatic heterocycles. The third-order valence-corrected chi connectivity index (χ3v) is 3.34. The van der Waals surface area contributed by atoms with Crippen LogP contribution in [0.4, 0.5) is 5.69 Å². The number of aromatic nitrogens is 1. The molecule has 0 saturated carbocycles. The van der Waals surface area contributed by atoms with Gasteiger partial charge in [-0.2, -0.15) is 4.40 Å². The average Bonchev–Trinajstić information content (AvgIpc) is 2.48. The Bertz CT molecular complexity index is 642. The van der Waals surface area contributed by atoms with E-state index >= 15 is 0 Å². The summed E-state index contributed by atoms with van der Waals surface area (Å²) in [6, 6.07) is 10.9. The van der Waals surface area contributed by atoms with E-state index in [9.17, 15) is 4.79 Å². The molecule has 3 rings (SSSR count). The Morgan fingerprint density at radius 2 is 2.05 bits per heavy atom. The Hall–Kier alpha value is -2.34. The van der Waals surface area contributed by atoms with Crippen LogP contribution in [0.1, 0.15) is 10.4 Å². The van der Waals surface area contributed by atoms with Gasteiger partial charge in [-0.1, -0.05) is 18.2 Å². The molecule has 2 N–H and O–H groups in total. The van der Waals surface area contributed by atoms with E-state index in [0.29, 0.717) is 11.5 Å². The second kappa shape index (κ2) is 5.11. The van der Waals surface area contributed by atoms with Crippen LogP contribution in [-0.4, -0.2) is 16.9 Å². The Morgan fingerprint density at radius 3 is 2.89 bits per heavy atom. The van der Waals surface area contributed by atoms with Gasteiger partial charge in [0.2, 0.25) is 5.96 Å². The summed E-state index contributed by atoms with van der Waals surface area (Å²) in [6.07, 6.45) is 3.42. The molecule has 5 nitrogen and oxygen atoms in total. The van der Waals surface area contributed by atoms with Crippen molar-refractivity contribution in [3.63, 3.8) is 0 Å². The minimum absolute atomic E-state index is 0.190. The number of pyridine rings is 1. The number of nitrogens with zero attached hydrogens (tertiary/aromatic N) is 2. The van der Waals surface area contributed by atoms with E-state index in [1.807, 2.05) is 24.3 Å². The van der Waals surface area contributed by atoms with Crippen LogP contribution in [0.2, 0.25) is 0 Å². The topological polar surface area (TPSA) is 66.4 Å². The summed E-state index contributed by atoms with van der Waals surface area (Å²) < 4.78 is 4.19. The van der Waals surface area contributed by atoms with Gasteiger partial charge < -0.3 is 5.32 Å². The molecule has 6 heteroatoms. The van der Waals surface area contributed by atoms with Gasteiger partial charge in [0.1, 0.15) is 0 Å². The SMILES string of the molecule is O=C(NC1=NSc2cnccc2N1)c1ccccc1. The van der Waals surface area contributed by atoms with Crippen molar-refractivity contribution in [2.24, 2.45) is 4.40 Å². The standard InChI is InChI=1S/C13H10N4OS/c18-12(9-4-2-1-3-5-9)16-13-15-10-6-7-14-8-11(10)19-17-13/h1-8H,(H2,15,16,17,18). The minimum atomic E-state index is -0.190. The smallest absolute Gasteiger partial charge is 0.257 e. The number of carbonyl (C=O) groups excluding carboxylic acids is 1. The molecule has 1 aliphatic rings. The average molecular weight is 270 g/mol. The lowest BCUT2D eigenvalue weighted by Crippen LogP contribution is -2.36. The zero-order chi connectivity index (χ0) is 13.1. The first-order valence-electron chi connectivity index (χ1n) is 5.65. The molecule has 2 heterocycles. The molecule has 1 amide bonds. The predicted molar refractivity (Wildman–Crippen MR) is 75.1 cm³/mol. The normalized spacial score (nSPS) is 12.9. The molecular weight excluding hydrogens is 260 g/mol. The minimum Gasteiger partial charge on any atom is -0.324 e. The number of fused-ring (bicyclic) bond motifs is 1. The van der Waals surface area contributed by atoms with Crippen LogP contribution in [0.15, 0.2) is 58.1 Å². The fourth-order valence-electron chi connectivity index (χ4n) is 1.62. The number of anilines is 1. The number of nitrogens with one attached hydrogen (secondary N) is 2. The number of guanidine groups is 1. The first-order chi connectivity index (χ1) is 9.33. The Labute approximate surface area is 114 Å². The quantitative estimate of drug-likeness (QED) is 0.780. The lowest BCUT2D eigenvalue weighted by Gasteiger charge is -2.17. The van der Waals surface area contributed by atoms with Gasteiger partial charge in [-0.05, 0) is 18.2 Å². The van der Waals surface area contributed by atoms with Gasteiger partial charge in [-0.3, -0.25) is 15.1 Å². The van der Waals surface area contributed by atoms with E-state index in [4.69, 9.17) is 0 Å². The van der Waals surface area contributed by atoms with Gasteiger partial charge >= 0.3 is 0 Å². The fraction of sp³-hybridized carbons (Fsp3) is 0. The van der Waals surface area contributed by atoms with Crippen LogP contribution < -0.4 is 10.6 Å². The molecule has 0 fully saturated rings.